The fraction of sp³-hybridized carbons (Fsp3) is 0.684. The number of rotatable bonds is 7. The maximum atomic E-state index is 3.69. The molecule has 0 aromatic heterocycles. The lowest BCUT2D eigenvalue weighted by molar-refractivity contribution is 0.282. The van der Waals surface area contributed by atoms with Gasteiger partial charge in [0, 0.05) is 19.6 Å². The number of hydrogen-bond donors (Lipinski definition) is 1. The van der Waals surface area contributed by atoms with E-state index in [0.717, 1.165) is 13.1 Å². The molecule has 0 aliphatic carbocycles. The standard InChI is InChI=1S/C19H32N2/c1-17(2)19(18-10-6-5-7-11-18)16-20-12-15-21-13-8-3-4-9-14-21/h5-7,10-11,17,19-20H,3-4,8-9,12-16H2,1-2H3. The van der Waals surface area contributed by atoms with Crippen LogP contribution >= 0.6 is 0 Å². The molecule has 1 unspecified atom stereocenters. The fourth-order valence-electron chi connectivity index (χ4n) is 3.29. The Kier molecular flexibility index (Phi) is 7.25. The maximum Gasteiger partial charge on any atom is 0.0107 e. The van der Waals surface area contributed by atoms with E-state index in [1.807, 2.05) is 0 Å². The Bertz CT molecular complexity index is 366. The van der Waals surface area contributed by atoms with Gasteiger partial charge in [-0.15, -0.1) is 0 Å². The number of hydrogen-bond acceptors (Lipinski definition) is 2. The van der Waals surface area contributed by atoms with Gasteiger partial charge in [0.1, 0.15) is 0 Å². The largest absolute Gasteiger partial charge is 0.315 e. The molecule has 2 rings (SSSR count). The molecule has 1 aromatic rings. The number of likely N-dealkylation sites (tertiary alicyclic amines) is 1. The van der Waals surface area contributed by atoms with Gasteiger partial charge >= 0.3 is 0 Å². The molecule has 1 fully saturated rings. The second kappa shape index (κ2) is 9.22. The summed E-state index contributed by atoms with van der Waals surface area (Å²) >= 11 is 0. The number of benzene rings is 1. The van der Waals surface area contributed by atoms with Crippen LogP contribution in [0.1, 0.15) is 51.0 Å². The third-order valence-corrected chi connectivity index (χ3v) is 4.70. The first-order chi connectivity index (χ1) is 10.3. The van der Waals surface area contributed by atoms with E-state index in [0.29, 0.717) is 11.8 Å². The summed E-state index contributed by atoms with van der Waals surface area (Å²) in [5, 5.41) is 3.69. The van der Waals surface area contributed by atoms with Crippen LogP contribution < -0.4 is 5.32 Å². The number of nitrogens with zero attached hydrogens (tertiary/aromatic N) is 1. The van der Waals surface area contributed by atoms with Gasteiger partial charge in [0.05, 0.1) is 0 Å². The highest BCUT2D eigenvalue weighted by Crippen LogP contribution is 2.23. The molecule has 1 saturated heterocycles. The van der Waals surface area contributed by atoms with E-state index >= 15 is 0 Å². The van der Waals surface area contributed by atoms with Crippen molar-refractivity contribution >= 4 is 0 Å². The molecule has 0 radical (unpaired) electrons. The molecule has 21 heavy (non-hydrogen) atoms. The SMILES string of the molecule is CC(C)C(CNCCN1CCCCCC1)c1ccccc1. The van der Waals surface area contributed by atoms with Gasteiger partial charge in [-0.3, -0.25) is 0 Å². The summed E-state index contributed by atoms with van der Waals surface area (Å²) in [7, 11) is 0. The van der Waals surface area contributed by atoms with Gasteiger partial charge in [-0.05, 0) is 43.3 Å². The first kappa shape index (κ1) is 16.5. The van der Waals surface area contributed by atoms with Gasteiger partial charge in [0.25, 0.3) is 0 Å². The van der Waals surface area contributed by atoms with Gasteiger partial charge < -0.3 is 10.2 Å². The van der Waals surface area contributed by atoms with Crippen molar-refractivity contribution in [3.05, 3.63) is 35.9 Å². The Morgan fingerprint density at radius 3 is 2.29 bits per heavy atom. The fourth-order valence-corrected chi connectivity index (χ4v) is 3.29. The van der Waals surface area contributed by atoms with Gasteiger partial charge in [-0.1, -0.05) is 57.0 Å². The van der Waals surface area contributed by atoms with Crippen molar-refractivity contribution in [1.29, 1.82) is 0 Å². The first-order valence-electron chi connectivity index (χ1n) is 8.75. The van der Waals surface area contributed by atoms with Crippen molar-refractivity contribution in [3.8, 4) is 0 Å². The zero-order valence-corrected chi connectivity index (χ0v) is 13.9. The topological polar surface area (TPSA) is 15.3 Å². The van der Waals surface area contributed by atoms with Crippen molar-refractivity contribution in [2.45, 2.75) is 45.4 Å². The Labute approximate surface area is 130 Å². The quantitative estimate of drug-likeness (QED) is 0.766. The molecule has 0 amide bonds. The maximum absolute atomic E-state index is 3.69. The Morgan fingerprint density at radius 1 is 1.00 bits per heavy atom. The van der Waals surface area contributed by atoms with Crippen molar-refractivity contribution in [2.24, 2.45) is 5.92 Å². The molecule has 2 nitrogen and oxygen atoms in total. The highest BCUT2D eigenvalue weighted by molar-refractivity contribution is 5.20. The van der Waals surface area contributed by atoms with Crippen molar-refractivity contribution < 1.29 is 0 Å². The zero-order chi connectivity index (χ0) is 14.9. The van der Waals surface area contributed by atoms with E-state index in [1.54, 1.807) is 0 Å². The molecular weight excluding hydrogens is 256 g/mol. The van der Waals surface area contributed by atoms with Crippen LogP contribution in [-0.2, 0) is 0 Å². The van der Waals surface area contributed by atoms with Crippen molar-refractivity contribution in [2.75, 3.05) is 32.7 Å². The first-order valence-corrected chi connectivity index (χ1v) is 8.75. The molecule has 1 aromatic carbocycles. The lowest BCUT2D eigenvalue weighted by atomic mass is 9.88. The molecule has 1 aliphatic heterocycles. The van der Waals surface area contributed by atoms with Crippen LogP contribution in [-0.4, -0.2) is 37.6 Å². The third kappa shape index (κ3) is 5.80. The summed E-state index contributed by atoms with van der Waals surface area (Å²) in [6.45, 7) is 10.7. The monoisotopic (exact) mass is 288 g/mol. The highest BCUT2D eigenvalue weighted by atomic mass is 15.1. The molecule has 2 heteroatoms. The van der Waals surface area contributed by atoms with E-state index in [1.165, 1.54) is 50.9 Å². The van der Waals surface area contributed by atoms with E-state index in [-0.39, 0.29) is 0 Å². The molecule has 1 atom stereocenters. The Hall–Kier alpha value is -0.860. The lowest BCUT2D eigenvalue weighted by Gasteiger charge is -2.24. The molecule has 1 heterocycles. The summed E-state index contributed by atoms with van der Waals surface area (Å²) in [5.74, 6) is 1.30. The summed E-state index contributed by atoms with van der Waals surface area (Å²) in [5.41, 5.74) is 1.47. The van der Waals surface area contributed by atoms with Crippen LogP contribution in [0.5, 0.6) is 0 Å². The Balaban J connectivity index is 1.72. The minimum atomic E-state index is 0.621. The van der Waals surface area contributed by atoms with Crippen LogP contribution in [0.4, 0.5) is 0 Å². The molecule has 1 aliphatic rings. The van der Waals surface area contributed by atoms with Crippen molar-refractivity contribution in [1.82, 2.24) is 10.2 Å². The summed E-state index contributed by atoms with van der Waals surface area (Å²) in [4.78, 5) is 2.63. The lowest BCUT2D eigenvalue weighted by Crippen LogP contribution is -2.35. The van der Waals surface area contributed by atoms with Crippen LogP contribution in [0.25, 0.3) is 0 Å². The third-order valence-electron chi connectivity index (χ3n) is 4.70. The minimum Gasteiger partial charge on any atom is -0.315 e. The van der Waals surface area contributed by atoms with Gasteiger partial charge in [-0.25, -0.2) is 0 Å². The van der Waals surface area contributed by atoms with Crippen LogP contribution in [0.15, 0.2) is 30.3 Å². The van der Waals surface area contributed by atoms with Gasteiger partial charge in [-0.2, -0.15) is 0 Å². The average molecular weight is 288 g/mol. The van der Waals surface area contributed by atoms with E-state index < -0.39 is 0 Å². The summed E-state index contributed by atoms with van der Waals surface area (Å²) in [6.07, 6.45) is 5.62. The second-order valence-electron chi connectivity index (χ2n) is 6.72. The summed E-state index contributed by atoms with van der Waals surface area (Å²) in [6, 6.07) is 10.9. The number of nitrogens with one attached hydrogen (secondary N) is 1. The van der Waals surface area contributed by atoms with E-state index in [9.17, 15) is 0 Å². The molecule has 1 N–H and O–H groups in total. The minimum absolute atomic E-state index is 0.621. The van der Waals surface area contributed by atoms with Crippen LogP contribution in [0.3, 0.4) is 0 Å². The predicted molar refractivity (Wildman–Crippen MR) is 91.8 cm³/mol. The molecule has 0 spiro atoms. The predicted octanol–water partition coefficient (Wildman–Crippen LogP) is 3.89. The average Bonchev–Trinajstić information content (AvgIpc) is 2.76. The second-order valence-corrected chi connectivity index (χ2v) is 6.72. The van der Waals surface area contributed by atoms with E-state index in [2.05, 4.69) is 54.4 Å². The van der Waals surface area contributed by atoms with E-state index in [4.69, 9.17) is 0 Å². The van der Waals surface area contributed by atoms with Gasteiger partial charge in [0.2, 0.25) is 0 Å². The van der Waals surface area contributed by atoms with Crippen LogP contribution in [0, 0.1) is 5.92 Å². The molecule has 118 valence electrons. The smallest absolute Gasteiger partial charge is 0.0107 e. The molecular formula is C19H32N2. The summed E-state index contributed by atoms with van der Waals surface area (Å²) < 4.78 is 0. The highest BCUT2D eigenvalue weighted by Gasteiger charge is 2.15. The van der Waals surface area contributed by atoms with Gasteiger partial charge in [0.15, 0.2) is 0 Å². The normalized spacial score (nSPS) is 18.6. The molecule has 0 saturated carbocycles. The van der Waals surface area contributed by atoms with Crippen LogP contribution in [0.2, 0.25) is 0 Å². The Morgan fingerprint density at radius 2 is 1.67 bits per heavy atom. The van der Waals surface area contributed by atoms with Crippen molar-refractivity contribution in [3.63, 3.8) is 0 Å². The molecule has 0 bridgehead atoms. The zero-order valence-electron chi connectivity index (χ0n) is 13.9.